The smallest absolute Gasteiger partial charge is 0.266 e. The lowest BCUT2D eigenvalue weighted by molar-refractivity contribution is -0.127. The van der Waals surface area contributed by atoms with Gasteiger partial charge in [-0.05, 0) is 48.2 Å². The fourth-order valence-electron chi connectivity index (χ4n) is 5.28. The summed E-state index contributed by atoms with van der Waals surface area (Å²) in [4.78, 5) is 31.8. The van der Waals surface area contributed by atoms with Gasteiger partial charge in [0, 0.05) is 56.2 Å². The number of sulfonamides is 1. The van der Waals surface area contributed by atoms with Crippen LogP contribution in [0.3, 0.4) is 0 Å². The maximum absolute atomic E-state index is 13.4. The number of amides is 2. The Morgan fingerprint density at radius 2 is 1.73 bits per heavy atom. The molecule has 2 aromatic carbocycles. The molecule has 0 aromatic heterocycles. The van der Waals surface area contributed by atoms with Gasteiger partial charge in [0.05, 0.1) is 16.3 Å². The Balaban J connectivity index is 1.46. The minimum Gasteiger partial charge on any atom is -0.387 e. The molecule has 0 unspecified atom stereocenters. The van der Waals surface area contributed by atoms with Crippen molar-refractivity contribution in [1.29, 1.82) is 0 Å². The third kappa shape index (κ3) is 8.55. The van der Waals surface area contributed by atoms with Crippen molar-refractivity contribution in [2.75, 3.05) is 38.5 Å². The zero-order valence-corrected chi connectivity index (χ0v) is 27.0. The van der Waals surface area contributed by atoms with Gasteiger partial charge in [0.1, 0.15) is 11.9 Å². The van der Waals surface area contributed by atoms with E-state index < -0.39 is 37.8 Å². The second-order valence-electron chi connectivity index (χ2n) is 11.3. The van der Waals surface area contributed by atoms with Crippen molar-refractivity contribution < 1.29 is 31.0 Å². The van der Waals surface area contributed by atoms with Crippen molar-refractivity contribution in [2.45, 2.75) is 44.0 Å². The summed E-state index contributed by atoms with van der Waals surface area (Å²) in [6.07, 6.45) is 3.77. The molecule has 1 fully saturated rings. The van der Waals surface area contributed by atoms with Gasteiger partial charge in [-0.25, -0.2) is 13.4 Å². The van der Waals surface area contributed by atoms with Crippen LogP contribution in [0.15, 0.2) is 57.9 Å². The first kappa shape index (κ1) is 34.2. The Morgan fingerprint density at radius 3 is 2.38 bits per heavy atom. The first-order chi connectivity index (χ1) is 21.2. The number of nitrogens with zero attached hydrogens (tertiary/aromatic N) is 3. The summed E-state index contributed by atoms with van der Waals surface area (Å²) in [5.41, 5.74) is 15.0. The monoisotopic (exact) mass is 660 g/mol. The fraction of sp³-hybridized carbons (Fsp3) is 0.433. The lowest BCUT2D eigenvalue weighted by Gasteiger charge is -2.38. The van der Waals surface area contributed by atoms with Crippen molar-refractivity contribution in [2.24, 2.45) is 22.4 Å². The molecule has 0 spiro atoms. The summed E-state index contributed by atoms with van der Waals surface area (Å²) in [7, 11) is -8.23. The lowest BCUT2D eigenvalue weighted by atomic mass is 10.0. The van der Waals surface area contributed by atoms with E-state index in [-0.39, 0.29) is 42.8 Å². The van der Waals surface area contributed by atoms with Crippen LogP contribution in [-0.2, 0) is 29.7 Å². The van der Waals surface area contributed by atoms with E-state index in [4.69, 9.17) is 16.0 Å². The number of rotatable bonds is 13. The van der Waals surface area contributed by atoms with Crippen LogP contribution in [0.5, 0.6) is 0 Å². The van der Waals surface area contributed by atoms with Gasteiger partial charge in [-0.2, -0.15) is 12.7 Å². The molecule has 15 heteroatoms. The highest BCUT2D eigenvalue weighted by atomic mass is 32.2. The highest BCUT2D eigenvalue weighted by molar-refractivity contribution is 7.89. The standard InChI is InChI=1S/C30H40N6O7S2/c1-3-10-35(11-4-2)30(38)24-12-23-9-8-22(14-27(23)34-28(32)15-24)21-6-5-7-25(13-21)45(42,43)36-17-20(18-36)16-33-29(37)26(31)19-44(39,40)41/h5-9,12-14,20,26H,3-4,10-11,15-19,31H2,1-2H3,(H2,32,34)(H,33,37)(H,39,40,41)/t26-/m0/s1. The number of nitrogens with two attached hydrogens (primary N) is 2. The SMILES string of the molecule is CCCN(CCC)C(=O)C1=Cc2ccc(-c3cccc(S(=O)(=O)N4CC(CNC(=O)[C@@H](N)CS(=O)(=O)O)C4)c3)cc2N=C(N)C1. The van der Waals surface area contributed by atoms with E-state index in [2.05, 4.69) is 10.3 Å². The Kier molecular flexibility index (Phi) is 10.8. The number of nitrogens with one attached hydrogen (secondary N) is 1. The first-order valence-electron chi connectivity index (χ1n) is 14.8. The summed E-state index contributed by atoms with van der Waals surface area (Å²) < 4.78 is 58.7. The third-order valence-corrected chi connectivity index (χ3v) is 10.2. The Bertz CT molecular complexity index is 1710. The summed E-state index contributed by atoms with van der Waals surface area (Å²) in [5, 5.41) is 2.50. The van der Waals surface area contributed by atoms with E-state index in [1.54, 1.807) is 18.2 Å². The first-order valence-corrected chi connectivity index (χ1v) is 17.8. The Labute approximate surface area is 264 Å². The highest BCUT2D eigenvalue weighted by Gasteiger charge is 2.37. The van der Waals surface area contributed by atoms with Gasteiger partial charge in [-0.3, -0.25) is 14.1 Å². The molecule has 2 aliphatic heterocycles. The summed E-state index contributed by atoms with van der Waals surface area (Å²) in [6.45, 7) is 5.82. The molecule has 2 heterocycles. The second kappa shape index (κ2) is 14.2. The topological polar surface area (TPSA) is 206 Å². The lowest BCUT2D eigenvalue weighted by Crippen LogP contribution is -2.55. The third-order valence-electron chi connectivity index (χ3n) is 7.57. The maximum Gasteiger partial charge on any atom is 0.266 e. The number of aliphatic imine (C=N–C) groups is 1. The van der Waals surface area contributed by atoms with E-state index in [1.165, 1.54) is 10.4 Å². The minimum atomic E-state index is -4.40. The Morgan fingerprint density at radius 1 is 1.07 bits per heavy atom. The van der Waals surface area contributed by atoms with Gasteiger partial charge in [0.15, 0.2) is 0 Å². The fourth-order valence-corrected chi connectivity index (χ4v) is 7.52. The molecule has 244 valence electrons. The van der Waals surface area contributed by atoms with Crippen LogP contribution in [0.4, 0.5) is 5.69 Å². The number of carbonyl (C=O) groups excluding carboxylic acids is 2. The molecule has 0 saturated carbocycles. The molecule has 4 rings (SSSR count). The van der Waals surface area contributed by atoms with Crippen molar-refractivity contribution >= 4 is 49.6 Å². The summed E-state index contributed by atoms with van der Waals surface area (Å²) >= 11 is 0. The normalized spacial score (nSPS) is 16.4. The molecular formula is C30H40N6O7S2. The van der Waals surface area contributed by atoms with Crippen molar-refractivity contribution in [1.82, 2.24) is 14.5 Å². The van der Waals surface area contributed by atoms with E-state index >= 15 is 0 Å². The zero-order valence-electron chi connectivity index (χ0n) is 25.3. The predicted molar refractivity (Wildman–Crippen MR) is 173 cm³/mol. The second-order valence-corrected chi connectivity index (χ2v) is 14.8. The van der Waals surface area contributed by atoms with E-state index in [1.807, 2.05) is 43.0 Å². The molecule has 6 N–H and O–H groups in total. The largest absolute Gasteiger partial charge is 0.387 e. The quantitative estimate of drug-likeness (QED) is 0.231. The number of benzene rings is 2. The Hall–Kier alpha value is -3.63. The number of hydrogen-bond acceptors (Lipinski definition) is 9. The van der Waals surface area contributed by atoms with Gasteiger partial charge in [0.25, 0.3) is 10.1 Å². The average molecular weight is 661 g/mol. The molecule has 2 amide bonds. The molecule has 1 saturated heterocycles. The molecule has 45 heavy (non-hydrogen) atoms. The molecule has 13 nitrogen and oxygen atoms in total. The number of carbonyl (C=O) groups is 2. The minimum absolute atomic E-state index is 0.0528. The van der Waals surface area contributed by atoms with Gasteiger partial charge in [0.2, 0.25) is 21.8 Å². The van der Waals surface area contributed by atoms with Gasteiger partial charge in [-0.1, -0.05) is 38.1 Å². The van der Waals surface area contributed by atoms with E-state index in [9.17, 15) is 26.4 Å². The van der Waals surface area contributed by atoms with Crippen LogP contribution >= 0.6 is 0 Å². The summed E-state index contributed by atoms with van der Waals surface area (Å²) in [6, 6.07) is 10.7. The maximum atomic E-state index is 13.4. The molecule has 1 atom stereocenters. The molecule has 2 aromatic rings. The van der Waals surface area contributed by atoms with Crippen LogP contribution in [-0.4, -0.2) is 92.8 Å². The van der Waals surface area contributed by atoms with Crippen LogP contribution in [0.1, 0.15) is 38.7 Å². The molecule has 0 radical (unpaired) electrons. The molecular weight excluding hydrogens is 620 g/mol. The highest BCUT2D eigenvalue weighted by Crippen LogP contribution is 2.34. The van der Waals surface area contributed by atoms with Crippen LogP contribution < -0.4 is 16.8 Å². The number of amidine groups is 1. The number of fused-ring (bicyclic) bond motifs is 1. The predicted octanol–water partition coefficient (Wildman–Crippen LogP) is 1.73. The van der Waals surface area contributed by atoms with Crippen LogP contribution in [0.25, 0.3) is 17.2 Å². The van der Waals surface area contributed by atoms with Gasteiger partial charge in [-0.15, -0.1) is 0 Å². The van der Waals surface area contributed by atoms with Gasteiger partial charge >= 0.3 is 0 Å². The van der Waals surface area contributed by atoms with E-state index in [0.717, 1.165) is 24.0 Å². The average Bonchev–Trinajstić information content (AvgIpc) is 3.12. The zero-order chi connectivity index (χ0) is 32.9. The molecule has 2 aliphatic rings. The van der Waals surface area contributed by atoms with Gasteiger partial charge < -0.3 is 21.7 Å². The van der Waals surface area contributed by atoms with Crippen LogP contribution in [0.2, 0.25) is 0 Å². The number of hydrogen-bond donors (Lipinski definition) is 4. The van der Waals surface area contributed by atoms with Crippen molar-refractivity contribution in [3.63, 3.8) is 0 Å². The molecule has 0 bridgehead atoms. The van der Waals surface area contributed by atoms with Crippen LogP contribution in [0, 0.1) is 5.92 Å². The van der Waals surface area contributed by atoms with E-state index in [0.29, 0.717) is 35.7 Å². The molecule has 0 aliphatic carbocycles. The van der Waals surface area contributed by atoms with Crippen molar-refractivity contribution in [3.8, 4) is 11.1 Å². The van der Waals surface area contributed by atoms with Crippen molar-refractivity contribution in [3.05, 3.63) is 53.6 Å². The summed E-state index contributed by atoms with van der Waals surface area (Å²) in [5.74, 6) is -1.57.